The molecule has 0 radical (unpaired) electrons. The first-order chi connectivity index (χ1) is 11.7. The molecular formula is C17H14F6N2O. The molecule has 140 valence electrons. The number of hydrogen-bond donors (Lipinski definition) is 0. The molecule has 0 saturated carbocycles. The van der Waals surface area contributed by atoms with Crippen LogP contribution in [-0.2, 0) is 12.4 Å². The first-order valence-electron chi connectivity index (χ1n) is 7.39. The number of aryl methyl sites for hydroxylation is 4. The van der Waals surface area contributed by atoms with Crippen LogP contribution in [-0.4, -0.2) is 15.8 Å². The number of aromatic nitrogens is 2. The molecule has 0 aromatic carbocycles. The Hall–Kier alpha value is -2.45. The lowest BCUT2D eigenvalue weighted by Gasteiger charge is -2.19. The molecular weight excluding hydrogens is 362 g/mol. The summed E-state index contributed by atoms with van der Waals surface area (Å²) >= 11 is 0. The van der Waals surface area contributed by atoms with Crippen molar-refractivity contribution in [3.63, 3.8) is 0 Å². The van der Waals surface area contributed by atoms with Gasteiger partial charge in [-0.1, -0.05) is 0 Å². The fourth-order valence-electron chi connectivity index (χ4n) is 2.80. The largest absolute Gasteiger partial charge is 0.417 e. The van der Waals surface area contributed by atoms with Crippen LogP contribution in [0.4, 0.5) is 26.3 Å². The highest BCUT2D eigenvalue weighted by atomic mass is 19.4. The van der Waals surface area contributed by atoms with Crippen molar-refractivity contribution in [2.24, 2.45) is 0 Å². The van der Waals surface area contributed by atoms with E-state index in [4.69, 9.17) is 0 Å². The molecule has 9 heteroatoms. The van der Waals surface area contributed by atoms with Crippen molar-refractivity contribution in [1.82, 2.24) is 9.97 Å². The van der Waals surface area contributed by atoms with Gasteiger partial charge in [0.1, 0.15) is 0 Å². The molecule has 26 heavy (non-hydrogen) atoms. The van der Waals surface area contributed by atoms with Crippen LogP contribution < -0.4 is 0 Å². The van der Waals surface area contributed by atoms with Gasteiger partial charge in [0, 0.05) is 22.8 Å². The van der Waals surface area contributed by atoms with E-state index in [1.54, 1.807) is 0 Å². The number of ketones is 1. The Morgan fingerprint density at radius 3 is 1.31 bits per heavy atom. The van der Waals surface area contributed by atoms with Crippen molar-refractivity contribution in [2.45, 2.75) is 40.0 Å². The van der Waals surface area contributed by atoms with Crippen LogP contribution in [0.3, 0.4) is 0 Å². The Morgan fingerprint density at radius 2 is 1.04 bits per heavy atom. The average Bonchev–Trinajstić information content (AvgIpc) is 2.43. The number of alkyl halides is 6. The molecule has 0 spiro atoms. The predicted molar refractivity (Wildman–Crippen MR) is 80.9 cm³/mol. The van der Waals surface area contributed by atoms with Crippen molar-refractivity contribution in [3.8, 4) is 0 Å². The van der Waals surface area contributed by atoms with E-state index in [1.165, 1.54) is 13.8 Å². The maximum atomic E-state index is 13.4. The van der Waals surface area contributed by atoms with Crippen molar-refractivity contribution in [3.05, 3.63) is 57.2 Å². The summed E-state index contributed by atoms with van der Waals surface area (Å²) in [6.07, 6.45) is -9.85. The van der Waals surface area contributed by atoms with Gasteiger partial charge in [-0.05, 0) is 39.8 Å². The van der Waals surface area contributed by atoms with Crippen LogP contribution in [0, 0.1) is 27.7 Å². The van der Waals surface area contributed by atoms with Gasteiger partial charge >= 0.3 is 12.4 Å². The second-order valence-corrected chi connectivity index (χ2v) is 5.87. The Morgan fingerprint density at radius 1 is 0.731 bits per heavy atom. The second kappa shape index (κ2) is 6.37. The molecule has 3 nitrogen and oxygen atoms in total. The Kier molecular flexibility index (Phi) is 4.87. The van der Waals surface area contributed by atoms with Gasteiger partial charge in [0.05, 0.1) is 22.3 Å². The van der Waals surface area contributed by atoms with Crippen LogP contribution in [0.1, 0.15) is 49.8 Å². The minimum absolute atomic E-state index is 0.00109. The van der Waals surface area contributed by atoms with Gasteiger partial charge in [0.15, 0.2) is 5.78 Å². The normalized spacial score (nSPS) is 12.4. The van der Waals surface area contributed by atoms with Gasteiger partial charge in [-0.25, -0.2) is 0 Å². The van der Waals surface area contributed by atoms with Crippen LogP contribution in [0.15, 0.2) is 12.1 Å². The molecule has 0 aliphatic carbocycles. The Bertz CT molecular complexity index is 813. The van der Waals surface area contributed by atoms with E-state index in [-0.39, 0.29) is 22.8 Å². The van der Waals surface area contributed by atoms with Crippen molar-refractivity contribution in [2.75, 3.05) is 0 Å². The van der Waals surface area contributed by atoms with E-state index in [9.17, 15) is 31.1 Å². The van der Waals surface area contributed by atoms with Gasteiger partial charge < -0.3 is 0 Å². The summed E-state index contributed by atoms with van der Waals surface area (Å²) in [5.74, 6) is -1.40. The van der Waals surface area contributed by atoms with E-state index < -0.39 is 40.4 Å². The number of hydrogen-bond acceptors (Lipinski definition) is 3. The summed E-state index contributed by atoms with van der Waals surface area (Å²) in [6.45, 7) is 4.91. The number of carbonyl (C=O) groups excluding carboxylic acids is 1. The summed E-state index contributed by atoms with van der Waals surface area (Å²) in [7, 11) is 0. The highest BCUT2D eigenvalue weighted by Crippen LogP contribution is 2.38. The molecule has 2 aromatic heterocycles. The molecule has 0 aliphatic rings. The Labute approximate surface area is 145 Å². The monoisotopic (exact) mass is 376 g/mol. The highest BCUT2D eigenvalue weighted by molar-refractivity contribution is 6.12. The fraction of sp³-hybridized carbons (Fsp3) is 0.353. The minimum atomic E-state index is -4.92. The lowest BCUT2D eigenvalue weighted by Crippen LogP contribution is -2.22. The highest BCUT2D eigenvalue weighted by Gasteiger charge is 2.41. The molecule has 2 heterocycles. The lowest BCUT2D eigenvalue weighted by molar-refractivity contribution is -0.138. The van der Waals surface area contributed by atoms with Gasteiger partial charge in [-0.15, -0.1) is 0 Å². The number of carbonyl (C=O) groups is 1. The van der Waals surface area contributed by atoms with Crippen molar-refractivity contribution >= 4 is 5.78 Å². The molecule has 0 unspecified atom stereocenters. The first-order valence-corrected chi connectivity index (χ1v) is 7.39. The second-order valence-electron chi connectivity index (χ2n) is 5.87. The third-order valence-electron chi connectivity index (χ3n) is 3.72. The summed E-state index contributed by atoms with van der Waals surface area (Å²) in [6, 6.07) is 1.29. The van der Waals surface area contributed by atoms with Crippen LogP contribution >= 0.6 is 0 Å². The summed E-state index contributed by atoms with van der Waals surface area (Å²) < 4.78 is 80.2. The zero-order valence-electron chi connectivity index (χ0n) is 14.2. The zero-order valence-corrected chi connectivity index (χ0v) is 14.2. The van der Waals surface area contributed by atoms with E-state index in [1.807, 2.05) is 0 Å². The third-order valence-corrected chi connectivity index (χ3v) is 3.72. The molecule has 2 rings (SSSR count). The van der Waals surface area contributed by atoms with Gasteiger partial charge in [-0.2, -0.15) is 26.3 Å². The summed E-state index contributed by atoms with van der Waals surface area (Å²) in [4.78, 5) is 20.4. The molecule has 0 fully saturated rings. The van der Waals surface area contributed by atoms with E-state index in [2.05, 4.69) is 9.97 Å². The van der Waals surface area contributed by atoms with E-state index in [0.717, 1.165) is 13.8 Å². The van der Waals surface area contributed by atoms with Crippen LogP contribution in [0.25, 0.3) is 0 Å². The number of pyridine rings is 2. The standard InChI is InChI=1S/C17H14F6N2O/c1-7-5-11(16(18,19)20)13(9(3)24-7)15(26)14-10(4)25-8(2)6-12(14)17(21,22)23/h5-6H,1-4H3. The van der Waals surface area contributed by atoms with E-state index >= 15 is 0 Å². The third kappa shape index (κ3) is 3.71. The smallest absolute Gasteiger partial charge is 0.288 e. The maximum absolute atomic E-state index is 13.4. The quantitative estimate of drug-likeness (QED) is 0.549. The van der Waals surface area contributed by atoms with Gasteiger partial charge in [0.2, 0.25) is 0 Å². The molecule has 0 saturated heterocycles. The number of rotatable bonds is 2. The summed E-state index contributed by atoms with van der Waals surface area (Å²) in [5, 5.41) is 0. The Balaban J connectivity index is 2.85. The van der Waals surface area contributed by atoms with Crippen molar-refractivity contribution in [1.29, 1.82) is 0 Å². The SMILES string of the molecule is Cc1cc(C(F)(F)F)c(C(=O)c2c(C(F)(F)F)cc(C)nc2C)c(C)n1. The van der Waals surface area contributed by atoms with E-state index in [0.29, 0.717) is 12.1 Å². The number of nitrogens with zero attached hydrogens (tertiary/aromatic N) is 2. The average molecular weight is 376 g/mol. The first kappa shape index (κ1) is 19.9. The molecule has 0 aliphatic heterocycles. The molecule has 0 amide bonds. The zero-order chi connectivity index (χ0) is 20.0. The molecule has 0 bridgehead atoms. The molecule has 2 aromatic rings. The topological polar surface area (TPSA) is 42.9 Å². The van der Waals surface area contributed by atoms with Crippen LogP contribution in [0.5, 0.6) is 0 Å². The fourth-order valence-corrected chi connectivity index (χ4v) is 2.80. The van der Waals surface area contributed by atoms with Gasteiger partial charge in [-0.3, -0.25) is 14.8 Å². The molecule has 0 atom stereocenters. The summed E-state index contributed by atoms with van der Waals surface area (Å²) in [5.41, 5.74) is -5.03. The maximum Gasteiger partial charge on any atom is 0.417 e. The van der Waals surface area contributed by atoms with Crippen LogP contribution in [0.2, 0.25) is 0 Å². The number of halogens is 6. The predicted octanol–water partition coefficient (Wildman–Crippen LogP) is 4.98. The van der Waals surface area contributed by atoms with Gasteiger partial charge in [0.25, 0.3) is 0 Å². The molecule has 0 N–H and O–H groups in total. The minimum Gasteiger partial charge on any atom is -0.288 e. The lowest BCUT2D eigenvalue weighted by atomic mass is 9.92. The van der Waals surface area contributed by atoms with Crippen molar-refractivity contribution < 1.29 is 31.1 Å².